The number of rotatable bonds is 8. The average molecular weight is 614 g/mol. The van der Waals surface area contributed by atoms with Crippen molar-refractivity contribution < 1.29 is 31.1 Å². The Balaban J connectivity index is 1.67. The van der Waals surface area contributed by atoms with Gasteiger partial charge < -0.3 is 10.1 Å². The molecule has 2 aliphatic rings. The molecule has 2 aromatic heterocycles. The summed E-state index contributed by atoms with van der Waals surface area (Å²) in [5.41, 5.74) is -3.22. The number of alkyl halides is 3. The number of halogens is 3. The van der Waals surface area contributed by atoms with Crippen LogP contribution in [0.15, 0.2) is 41.1 Å². The zero-order valence-electron chi connectivity index (χ0n) is 25.0. The molecule has 4 heterocycles. The lowest BCUT2D eigenvalue weighted by molar-refractivity contribution is -0.219. The molecule has 4 rings (SSSR count). The molecular weight excluding hydrogens is 575 g/mol. The number of hydrogen-bond acceptors (Lipinski definition) is 8. The topological polar surface area (TPSA) is 123 Å². The Bertz CT molecular complexity index is 1540. The number of amides is 1. The zero-order valence-corrected chi connectivity index (χ0v) is 25.8. The van der Waals surface area contributed by atoms with Gasteiger partial charge >= 0.3 is 6.18 Å². The molecule has 0 radical (unpaired) electrons. The van der Waals surface area contributed by atoms with E-state index in [1.54, 1.807) is 27.0 Å². The van der Waals surface area contributed by atoms with Crippen molar-refractivity contribution in [1.29, 1.82) is 0 Å². The number of carbonyl (C=O) groups is 1. The van der Waals surface area contributed by atoms with E-state index in [2.05, 4.69) is 45.9 Å². The van der Waals surface area contributed by atoms with Gasteiger partial charge in [-0.1, -0.05) is 6.92 Å². The number of ether oxygens (including phenoxy) is 1. The van der Waals surface area contributed by atoms with Crippen LogP contribution in [0.25, 0.3) is 5.82 Å². The highest BCUT2D eigenvalue weighted by atomic mass is 32.2. The number of likely N-dealkylation sites (tertiary alicyclic amines) is 1. The molecule has 0 bridgehead atoms. The van der Waals surface area contributed by atoms with Gasteiger partial charge in [-0.3, -0.25) is 14.4 Å². The van der Waals surface area contributed by atoms with E-state index in [0.29, 0.717) is 18.3 Å². The summed E-state index contributed by atoms with van der Waals surface area (Å²) in [6.45, 7) is 11.6. The second-order valence-corrected chi connectivity index (χ2v) is 14.2. The molecule has 11 nitrogen and oxygen atoms in total. The first kappa shape index (κ1) is 31.6. The van der Waals surface area contributed by atoms with Crippen LogP contribution in [0.1, 0.15) is 53.7 Å². The number of hydrogen-bond donors (Lipinski definition) is 2. The van der Waals surface area contributed by atoms with Crippen molar-refractivity contribution in [1.82, 2.24) is 34.5 Å². The van der Waals surface area contributed by atoms with Gasteiger partial charge in [0.15, 0.2) is 0 Å². The lowest BCUT2D eigenvalue weighted by Crippen LogP contribution is -2.65. The third-order valence-corrected chi connectivity index (χ3v) is 9.24. The van der Waals surface area contributed by atoms with E-state index in [1.807, 2.05) is 0 Å². The van der Waals surface area contributed by atoms with Crippen molar-refractivity contribution in [3.8, 4) is 5.88 Å². The van der Waals surface area contributed by atoms with E-state index >= 15 is 0 Å². The Labute approximate surface area is 243 Å². The van der Waals surface area contributed by atoms with Crippen molar-refractivity contribution in [2.75, 3.05) is 13.2 Å². The minimum Gasteiger partial charge on any atom is -0.476 e. The molecule has 0 spiro atoms. The van der Waals surface area contributed by atoms with Crippen LogP contribution in [0.5, 0.6) is 5.88 Å². The second kappa shape index (κ2) is 10.4. The molecule has 1 fully saturated rings. The average Bonchev–Trinajstić information content (AvgIpc) is 3.53. The maximum atomic E-state index is 13.7. The fraction of sp³-hybridized carbons (Fsp3) is 0.593. The lowest BCUT2D eigenvalue weighted by atomic mass is 9.90. The van der Waals surface area contributed by atoms with Crippen molar-refractivity contribution >= 4 is 21.8 Å². The highest BCUT2D eigenvalue weighted by Crippen LogP contribution is 2.42. The predicted octanol–water partition coefficient (Wildman–Crippen LogP) is 3.56. The predicted molar refractivity (Wildman–Crippen MR) is 149 cm³/mol. The Morgan fingerprint density at radius 1 is 1.21 bits per heavy atom. The highest BCUT2D eigenvalue weighted by Gasteiger charge is 2.51. The first-order valence-electron chi connectivity index (χ1n) is 13.5. The van der Waals surface area contributed by atoms with Gasteiger partial charge in [0.05, 0.1) is 16.7 Å². The molecule has 1 amide bonds. The third-order valence-electron chi connectivity index (χ3n) is 7.81. The van der Waals surface area contributed by atoms with Crippen LogP contribution < -0.4 is 14.8 Å². The smallest absolute Gasteiger partial charge is 0.397 e. The molecule has 0 aromatic carbocycles. The zero-order chi connectivity index (χ0) is 31.5. The molecule has 42 heavy (non-hydrogen) atoms. The number of aromatic nitrogens is 4. The van der Waals surface area contributed by atoms with E-state index in [4.69, 9.17) is 4.74 Å². The molecule has 2 aromatic rings. The van der Waals surface area contributed by atoms with Gasteiger partial charge in [-0.15, -0.1) is 5.10 Å². The number of allylic oxidation sites excluding steroid dienone is 2. The quantitative estimate of drug-likeness (QED) is 0.464. The summed E-state index contributed by atoms with van der Waals surface area (Å²) in [5, 5.41) is 11.7. The van der Waals surface area contributed by atoms with Crippen LogP contribution >= 0.6 is 0 Å². The normalized spacial score (nSPS) is 23.3. The maximum absolute atomic E-state index is 13.7. The standard InChI is InChI=1S/C27H38F3N7O4S/c1-17-13-25(5,6)37(14-17)26(7)19(23(38)34-42(39,40)20-15-35(8)32-18(20)2)9-10-21(31-26)36-12-11-22(33-36)41-16-24(3,4)27(28,29)30/h9-12,15,17,31H,13-14,16H2,1-8H3,(H,34,38)/t17-,26?/m0/s1. The largest absolute Gasteiger partial charge is 0.476 e. The Morgan fingerprint density at radius 3 is 2.43 bits per heavy atom. The molecular formula is C27H38F3N7O4S. The Morgan fingerprint density at radius 2 is 1.88 bits per heavy atom. The van der Waals surface area contributed by atoms with Crippen LogP contribution in [0.2, 0.25) is 0 Å². The molecule has 2 N–H and O–H groups in total. The SMILES string of the molecule is Cc1nn(C)cc1S(=O)(=O)NC(=O)C1=CC=C(n2ccc(OCC(C)(C)C(F)(F)F)n2)NC1(C)N1C[C@@H](C)CC1(C)C. The summed E-state index contributed by atoms with van der Waals surface area (Å²) in [4.78, 5) is 15.7. The highest BCUT2D eigenvalue weighted by molar-refractivity contribution is 7.90. The summed E-state index contributed by atoms with van der Waals surface area (Å²) >= 11 is 0. The number of dihydropyridines is 1. The van der Waals surface area contributed by atoms with Crippen LogP contribution in [0, 0.1) is 18.3 Å². The molecule has 0 saturated carbocycles. The molecule has 1 unspecified atom stereocenters. The summed E-state index contributed by atoms with van der Waals surface area (Å²) < 4.78 is 76.4. The molecule has 2 aliphatic heterocycles. The molecule has 0 aliphatic carbocycles. The van der Waals surface area contributed by atoms with Gasteiger partial charge in [-0.25, -0.2) is 17.8 Å². The number of aryl methyl sites for hydroxylation is 2. The van der Waals surface area contributed by atoms with Crippen LogP contribution in [-0.4, -0.2) is 69.3 Å². The second-order valence-electron chi connectivity index (χ2n) is 12.5. The molecule has 1 saturated heterocycles. The Kier molecular flexibility index (Phi) is 7.85. The van der Waals surface area contributed by atoms with Crippen LogP contribution in [-0.2, 0) is 21.9 Å². The molecule has 15 heteroatoms. The van der Waals surface area contributed by atoms with Crippen molar-refractivity contribution in [3.63, 3.8) is 0 Å². The number of nitrogens with one attached hydrogen (secondary N) is 2. The lowest BCUT2D eigenvalue weighted by Gasteiger charge is -2.49. The summed E-state index contributed by atoms with van der Waals surface area (Å²) in [6.07, 6.45) is 2.33. The third kappa shape index (κ3) is 5.93. The van der Waals surface area contributed by atoms with Gasteiger partial charge in [0.2, 0.25) is 5.88 Å². The number of carbonyl (C=O) groups excluding carboxylic acids is 1. The van der Waals surface area contributed by atoms with E-state index in [9.17, 15) is 26.4 Å². The first-order chi connectivity index (χ1) is 19.2. The van der Waals surface area contributed by atoms with Gasteiger partial charge in [-0.2, -0.15) is 18.3 Å². The number of sulfonamides is 1. The number of nitrogens with zero attached hydrogens (tertiary/aromatic N) is 5. The maximum Gasteiger partial charge on any atom is 0.397 e. The van der Waals surface area contributed by atoms with Crippen LogP contribution in [0.4, 0.5) is 13.2 Å². The van der Waals surface area contributed by atoms with Crippen molar-refractivity contribution in [3.05, 3.63) is 41.9 Å². The van der Waals surface area contributed by atoms with Gasteiger partial charge in [0, 0.05) is 37.6 Å². The van der Waals surface area contributed by atoms with Crippen molar-refractivity contribution in [2.45, 2.75) is 77.2 Å². The monoisotopic (exact) mass is 613 g/mol. The van der Waals surface area contributed by atoms with Gasteiger partial charge in [-0.05, 0) is 66.0 Å². The minimum absolute atomic E-state index is 0.00249. The van der Waals surface area contributed by atoms with Crippen molar-refractivity contribution in [2.24, 2.45) is 18.4 Å². The van der Waals surface area contributed by atoms with E-state index in [-0.39, 0.29) is 27.6 Å². The fourth-order valence-electron chi connectivity index (χ4n) is 5.63. The summed E-state index contributed by atoms with van der Waals surface area (Å²) in [7, 11) is -2.64. The first-order valence-corrected chi connectivity index (χ1v) is 15.0. The van der Waals surface area contributed by atoms with E-state index < -0.39 is 39.8 Å². The van der Waals surface area contributed by atoms with Gasteiger partial charge in [0.1, 0.15) is 23.0 Å². The Hall–Kier alpha value is -3.33. The summed E-state index contributed by atoms with van der Waals surface area (Å²) in [6, 6.07) is 1.45. The molecule has 232 valence electrons. The fourth-order valence-corrected chi connectivity index (χ4v) is 6.81. The van der Waals surface area contributed by atoms with E-state index in [1.165, 1.54) is 33.9 Å². The van der Waals surface area contributed by atoms with E-state index in [0.717, 1.165) is 20.3 Å². The molecule has 2 atom stereocenters. The summed E-state index contributed by atoms with van der Waals surface area (Å²) in [5.74, 6) is -0.101. The van der Waals surface area contributed by atoms with Crippen LogP contribution in [0.3, 0.4) is 0 Å². The minimum atomic E-state index is -4.45. The van der Waals surface area contributed by atoms with Gasteiger partial charge in [0.25, 0.3) is 15.9 Å².